The van der Waals surface area contributed by atoms with E-state index in [0.29, 0.717) is 24.7 Å². The minimum Gasteiger partial charge on any atom is -0.356 e. The summed E-state index contributed by atoms with van der Waals surface area (Å²) in [6.45, 7) is 9.75. The lowest BCUT2D eigenvalue weighted by Crippen LogP contribution is -2.45. The van der Waals surface area contributed by atoms with Crippen molar-refractivity contribution in [2.24, 2.45) is 11.8 Å². The first kappa shape index (κ1) is 22.8. The summed E-state index contributed by atoms with van der Waals surface area (Å²) < 4.78 is 0. The van der Waals surface area contributed by atoms with Crippen LogP contribution in [0.3, 0.4) is 0 Å². The topological polar surface area (TPSA) is 71.7 Å². The quantitative estimate of drug-likeness (QED) is 0.650. The van der Waals surface area contributed by atoms with Gasteiger partial charge in [-0.25, -0.2) is 0 Å². The predicted molar refractivity (Wildman–Crippen MR) is 128 cm³/mol. The molecule has 7 heteroatoms. The third kappa shape index (κ3) is 5.51. The molecule has 2 aliphatic rings. The molecule has 0 unspecified atom stereocenters. The number of likely N-dealkylation sites (N-methyl/N-ethyl adjacent to an activating group) is 1. The molecule has 2 amide bonds. The molecule has 32 heavy (non-hydrogen) atoms. The molecule has 2 saturated heterocycles. The van der Waals surface area contributed by atoms with Gasteiger partial charge in [0, 0.05) is 62.6 Å². The molecule has 1 aromatic carbocycles. The van der Waals surface area contributed by atoms with E-state index < -0.39 is 0 Å². The molecule has 0 saturated carbocycles. The number of para-hydroxylation sites is 1. The first-order valence-corrected chi connectivity index (χ1v) is 12.1. The minimum atomic E-state index is -0.0102. The van der Waals surface area contributed by atoms with E-state index in [9.17, 15) is 9.59 Å². The molecule has 7 nitrogen and oxygen atoms in total. The number of aromatic amines is 1. The summed E-state index contributed by atoms with van der Waals surface area (Å²) in [5.41, 5.74) is 1.64. The van der Waals surface area contributed by atoms with Gasteiger partial charge in [0.2, 0.25) is 5.91 Å². The molecule has 0 bridgehead atoms. The number of carbonyl (C=O) groups excluding carboxylic acids is 2. The molecule has 0 aliphatic carbocycles. The summed E-state index contributed by atoms with van der Waals surface area (Å²) in [5, 5.41) is 4.20. The van der Waals surface area contributed by atoms with Crippen molar-refractivity contribution in [1.82, 2.24) is 25.0 Å². The van der Waals surface area contributed by atoms with Crippen LogP contribution in [0.5, 0.6) is 0 Å². The second-order valence-electron chi connectivity index (χ2n) is 9.48. The number of rotatable bonds is 7. The predicted octanol–water partition coefficient (Wildman–Crippen LogP) is 2.41. The van der Waals surface area contributed by atoms with Gasteiger partial charge in [0.1, 0.15) is 5.69 Å². The van der Waals surface area contributed by atoms with Crippen molar-refractivity contribution in [3.05, 3.63) is 36.0 Å². The number of nitrogens with zero attached hydrogens (tertiary/aromatic N) is 3. The Morgan fingerprint density at radius 1 is 1.09 bits per heavy atom. The fourth-order valence-electron chi connectivity index (χ4n) is 4.92. The van der Waals surface area contributed by atoms with E-state index in [1.54, 1.807) is 0 Å². The van der Waals surface area contributed by atoms with Gasteiger partial charge in [0.05, 0.1) is 0 Å². The van der Waals surface area contributed by atoms with Gasteiger partial charge in [0.15, 0.2) is 0 Å². The van der Waals surface area contributed by atoms with Gasteiger partial charge in [-0.1, -0.05) is 25.1 Å². The van der Waals surface area contributed by atoms with E-state index in [4.69, 9.17) is 0 Å². The SMILES string of the molecule is C[C@@H](C(=O)NCCCN1CCN(C)CC1)C1CCN(C(=O)c2cc3ccccc3[nH]2)CC1. The zero-order valence-corrected chi connectivity index (χ0v) is 19.5. The van der Waals surface area contributed by atoms with Crippen LogP contribution in [0.4, 0.5) is 0 Å². The number of likely N-dealkylation sites (tertiary alicyclic amines) is 1. The first-order chi connectivity index (χ1) is 15.5. The molecule has 1 atom stereocenters. The highest BCUT2D eigenvalue weighted by molar-refractivity contribution is 5.98. The average Bonchev–Trinajstić information content (AvgIpc) is 3.26. The van der Waals surface area contributed by atoms with E-state index in [0.717, 1.165) is 69.4 Å². The Bertz CT molecular complexity index is 877. The van der Waals surface area contributed by atoms with Crippen LogP contribution in [0.2, 0.25) is 0 Å². The van der Waals surface area contributed by atoms with Gasteiger partial charge in [-0.05, 0) is 50.9 Å². The molecule has 3 heterocycles. The maximum Gasteiger partial charge on any atom is 0.270 e. The summed E-state index contributed by atoms with van der Waals surface area (Å²) in [6, 6.07) is 9.89. The van der Waals surface area contributed by atoms with Gasteiger partial charge in [-0.3, -0.25) is 9.59 Å². The second kappa shape index (κ2) is 10.5. The van der Waals surface area contributed by atoms with E-state index in [1.807, 2.05) is 42.2 Å². The Labute approximate surface area is 191 Å². The summed E-state index contributed by atoms with van der Waals surface area (Å²) in [7, 11) is 2.17. The molecule has 0 spiro atoms. The Morgan fingerprint density at radius 2 is 1.81 bits per heavy atom. The largest absolute Gasteiger partial charge is 0.356 e. The molecule has 2 aliphatic heterocycles. The lowest BCUT2D eigenvalue weighted by Gasteiger charge is -2.34. The van der Waals surface area contributed by atoms with Crippen LogP contribution in [0.15, 0.2) is 30.3 Å². The third-order valence-corrected chi connectivity index (χ3v) is 7.25. The van der Waals surface area contributed by atoms with Crippen LogP contribution in [-0.2, 0) is 4.79 Å². The van der Waals surface area contributed by atoms with Crippen molar-refractivity contribution in [3.8, 4) is 0 Å². The zero-order valence-electron chi connectivity index (χ0n) is 19.5. The lowest BCUT2D eigenvalue weighted by molar-refractivity contribution is -0.126. The summed E-state index contributed by atoms with van der Waals surface area (Å²) in [5.74, 6) is 0.535. The molecule has 4 rings (SSSR count). The summed E-state index contributed by atoms with van der Waals surface area (Å²) in [6.07, 6.45) is 2.75. The molecule has 174 valence electrons. The Hall–Kier alpha value is -2.38. The first-order valence-electron chi connectivity index (χ1n) is 12.1. The van der Waals surface area contributed by atoms with Crippen molar-refractivity contribution in [1.29, 1.82) is 0 Å². The molecular weight excluding hydrogens is 402 g/mol. The molecule has 0 radical (unpaired) electrons. The smallest absolute Gasteiger partial charge is 0.270 e. The number of amides is 2. The van der Waals surface area contributed by atoms with Crippen molar-refractivity contribution < 1.29 is 9.59 Å². The minimum absolute atomic E-state index is 0.0102. The number of benzene rings is 1. The van der Waals surface area contributed by atoms with Gasteiger partial charge in [0.25, 0.3) is 5.91 Å². The fraction of sp³-hybridized carbons (Fsp3) is 0.600. The van der Waals surface area contributed by atoms with Crippen molar-refractivity contribution in [3.63, 3.8) is 0 Å². The number of piperidine rings is 1. The van der Waals surface area contributed by atoms with Gasteiger partial charge < -0.3 is 25.0 Å². The van der Waals surface area contributed by atoms with Crippen LogP contribution >= 0.6 is 0 Å². The number of nitrogens with one attached hydrogen (secondary N) is 2. The highest BCUT2D eigenvalue weighted by Crippen LogP contribution is 2.26. The number of H-pyrrole nitrogens is 1. The van der Waals surface area contributed by atoms with Crippen LogP contribution in [0.25, 0.3) is 10.9 Å². The molecule has 2 fully saturated rings. The average molecular weight is 440 g/mol. The van der Waals surface area contributed by atoms with E-state index in [2.05, 4.69) is 27.1 Å². The van der Waals surface area contributed by atoms with Gasteiger partial charge >= 0.3 is 0 Å². The Morgan fingerprint density at radius 3 is 2.53 bits per heavy atom. The fourth-order valence-corrected chi connectivity index (χ4v) is 4.92. The Kier molecular flexibility index (Phi) is 7.48. The van der Waals surface area contributed by atoms with Crippen LogP contribution in [0.1, 0.15) is 36.7 Å². The van der Waals surface area contributed by atoms with Crippen LogP contribution < -0.4 is 5.32 Å². The Balaban J connectivity index is 1.18. The number of hydrogen-bond acceptors (Lipinski definition) is 4. The summed E-state index contributed by atoms with van der Waals surface area (Å²) >= 11 is 0. The molecular formula is C25H37N5O2. The standard InChI is InChI=1S/C25H37N5O2/c1-19(24(31)26-10-5-11-29-16-14-28(2)15-17-29)20-8-12-30(13-9-20)25(32)23-18-21-6-3-4-7-22(21)27-23/h3-4,6-7,18-20,27H,5,8-17H2,1-2H3,(H,26,31)/t19-/m1/s1. The zero-order chi connectivity index (χ0) is 22.5. The normalized spacial score (nSPS) is 19.9. The molecule has 2 N–H and O–H groups in total. The van der Waals surface area contributed by atoms with Gasteiger partial charge in [-0.15, -0.1) is 0 Å². The van der Waals surface area contributed by atoms with E-state index in [-0.39, 0.29) is 17.7 Å². The molecule has 1 aromatic heterocycles. The van der Waals surface area contributed by atoms with E-state index >= 15 is 0 Å². The number of hydrogen-bond donors (Lipinski definition) is 2. The highest BCUT2D eigenvalue weighted by atomic mass is 16.2. The van der Waals surface area contributed by atoms with Crippen LogP contribution in [0, 0.1) is 11.8 Å². The third-order valence-electron chi connectivity index (χ3n) is 7.25. The number of piperazine rings is 1. The van der Waals surface area contributed by atoms with E-state index in [1.165, 1.54) is 0 Å². The number of aromatic nitrogens is 1. The highest BCUT2D eigenvalue weighted by Gasteiger charge is 2.30. The van der Waals surface area contributed by atoms with Crippen molar-refractivity contribution in [2.45, 2.75) is 26.2 Å². The second-order valence-corrected chi connectivity index (χ2v) is 9.48. The maximum absolute atomic E-state index is 12.9. The van der Waals surface area contributed by atoms with Gasteiger partial charge in [-0.2, -0.15) is 0 Å². The number of fused-ring (bicyclic) bond motifs is 1. The summed E-state index contributed by atoms with van der Waals surface area (Å²) in [4.78, 5) is 35.6. The monoisotopic (exact) mass is 439 g/mol. The van der Waals surface area contributed by atoms with Crippen LogP contribution in [-0.4, -0.2) is 90.9 Å². The lowest BCUT2D eigenvalue weighted by atomic mass is 9.84. The van der Waals surface area contributed by atoms with Crippen molar-refractivity contribution in [2.75, 3.05) is 59.4 Å². The molecule has 2 aromatic rings. The van der Waals surface area contributed by atoms with Crippen molar-refractivity contribution >= 4 is 22.7 Å². The maximum atomic E-state index is 12.9. The number of carbonyl (C=O) groups is 2.